The Hall–Kier alpha value is -2.34. The van der Waals surface area contributed by atoms with Gasteiger partial charge in [0.15, 0.2) is 12.1 Å². The summed E-state index contributed by atoms with van der Waals surface area (Å²) in [6, 6.07) is 5.59. The fourth-order valence-corrected chi connectivity index (χ4v) is 3.59. The number of carbonyl (C=O) groups is 4. The molecular formula is C28H46N2O4. The SMILES string of the molecule is CC.CCCC(=O)CCC(C)C(C)=O.CCCC(=O)c1cccc(N2CCN(C)CC2)c1C=O. The topological polar surface area (TPSA) is 74.8 Å². The molecule has 0 radical (unpaired) electrons. The van der Waals surface area contributed by atoms with Crippen molar-refractivity contribution in [2.24, 2.45) is 5.92 Å². The number of Topliss-reactive ketones (excluding diaryl/α,β-unsaturated/α-hetero) is 3. The van der Waals surface area contributed by atoms with Gasteiger partial charge >= 0.3 is 0 Å². The molecule has 1 aliphatic heterocycles. The minimum absolute atomic E-state index is 0.0470. The summed E-state index contributed by atoms with van der Waals surface area (Å²) in [5, 5.41) is 0. The summed E-state index contributed by atoms with van der Waals surface area (Å²) in [6.45, 7) is 15.2. The Bertz CT molecular complexity index is 768. The molecule has 1 aromatic rings. The maximum absolute atomic E-state index is 12.1. The lowest BCUT2D eigenvalue weighted by Crippen LogP contribution is -2.44. The molecule has 34 heavy (non-hydrogen) atoms. The normalized spacial score (nSPS) is 14.1. The number of nitrogens with zero attached hydrogens (tertiary/aromatic N) is 2. The van der Waals surface area contributed by atoms with E-state index in [1.807, 2.05) is 46.8 Å². The highest BCUT2D eigenvalue weighted by Crippen LogP contribution is 2.25. The summed E-state index contributed by atoms with van der Waals surface area (Å²) in [7, 11) is 2.10. The second kappa shape index (κ2) is 18.0. The van der Waals surface area contributed by atoms with Crippen LogP contribution in [0.3, 0.4) is 0 Å². The molecule has 0 amide bonds. The van der Waals surface area contributed by atoms with Crippen molar-refractivity contribution in [1.29, 1.82) is 0 Å². The van der Waals surface area contributed by atoms with E-state index < -0.39 is 0 Å². The molecule has 0 aliphatic carbocycles. The summed E-state index contributed by atoms with van der Waals surface area (Å²) in [4.78, 5) is 49.9. The quantitative estimate of drug-likeness (QED) is 0.306. The highest BCUT2D eigenvalue weighted by Gasteiger charge is 2.20. The van der Waals surface area contributed by atoms with Crippen molar-refractivity contribution in [2.45, 2.75) is 80.1 Å². The summed E-state index contributed by atoms with van der Waals surface area (Å²) in [5.41, 5.74) is 2.02. The minimum atomic E-state index is 0.0470. The fourth-order valence-electron chi connectivity index (χ4n) is 3.59. The number of likely N-dealkylation sites (N-methyl/N-ethyl adjacent to an activating group) is 1. The van der Waals surface area contributed by atoms with Crippen LogP contribution in [0.5, 0.6) is 0 Å². The van der Waals surface area contributed by atoms with Gasteiger partial charge in [-0.05, 0) is 39.3 Å². The number of hydrogen-bond donors (Lipinski definition) is 0. The van der Waals surface area contributed by atoms with E-state index in [2.05, 4.69) is 16.8 Å². The summed E-state index contributed by atoms with van der Waals surface area (Å²) < 4.78 is 0. The Balaban J connectivity index is 0.000000670. The molecule has 6 nitrogen and oxygen atoms in total. The van der Waals surface area contributed by atoms with Gasteiger partial charge in [-0.2, -0.15) is 0 Å². The molecule has 0 N–H and O–H groups in total. The zero-order valence-corrected chi connectivity index (χ0v) is 22.5. The molecule has 1 unspecified atom stereocenters. The van der Waals surface area contributed by atoms with Gasteiger partial charge in [-0.25, -0.2) is 0 Å². The van der Waals surface area contributed by atoms with Gasteiger partial charge in [0.2, 0.25) is 0 Å². The largest absolute Gasteiger partial charge is 0.368 e. The van der Waals surface area contributed by atoms with Gasteiger partial charge < -0.3 is 9.80 Å². The van der Waals surface area contributed by atoms with Crippen LogP contribution in [-0.4, -0.2) is 61.8 Å². The molecule has 6 heteroatoms. The van der Waals surface area contributed by atoms with E-state index in [-0.39, 0.29) is 23.3 Å². The number of ketones is 3. The van der Waals surface area contributed by atoms with Gasteiger partial charge in [0.05, 0.1) is 0 Å². The number of hydrogen-bond acceptors (Lipinski definition) is 6. The Morgan fingerprint density at radius 2 is 1.56 bits per heavy atom. The molecule has 1 saturated heterocycles. The molecule has 0 aromatic heterocycles. The third-order valence-corrected chi connectivity index (χ3v) is 5.90. The van der Waals surface area contributed by atoms with Gasteiger partial charge in [0, 0.05) is 68.2 Å². The van der Waals surface area contributed by atoms with Crippen molar-refractivity contribution in [3.05, 3.63) is 29.3 Å². The van der Waals surface area contributed by atoms with Crippen LogP contribution >= 0.6 is 0 Å². The Morgan fingerprint density at radius 1 is 0.971 bits per heavy atom. The lowest BCUT2D eigenvalue weighted by Gasteiger charge is -2.35. The van der Waals surface area contributed by atoms with E-state index in [0.29, 0.717) is 36.8 Å². The number of aldehydes is 1. The van der Waals surface area contributed by atoms with Gasteiger partial charge in [-0.3, -0.25) is 19.2 Å². The van der Waals surface area contributed by atoms with Crippen molar-refractivity contribution in [1.82, 2.24) is 4.90 Å². The van der Waals surface area contributed by atoms with Crippen molar-refractivity contribution in [2.75, 3.05) is 38.1 Å². The highest BCUT2D eigenvalue weighted by atomic mass is 16.1. The Labute approximate surface area is 207 Å². The van der Waals surface area contributed by atoms with Crippen LogP contribution in [0.15, 0.2) is 18.2 Å². The van der Waals surface area contributed by atoms with E-state index >= 15 is 0 Å². The monoisotopic (exact) mass is 474 g/mol. The van der Waals surface area contributed by atoms with Gasteiger partial charge in [0.1, 0.15) is 11.6 Å². The molecular weight excluding hydrogens is 428 g/mol. The van der Waals surface area contributed by atoms with E-state index in [1.54, 1.807) is 13.0 Å². The van der Waals surface area contributed by atoms with Crippen molar-refractivity contribution >= 4 is 29.3 Å². The highest BCUT2D eigenvalue weighted by molar-refractivity contribution is 6.05. The Kier molecular flexibility index (Phi) is 16.8. The molecule has 1 aliphatic rings. The predicted molar refractivity (Wildman–Crippen MR) is 141 cm³/mol. The fraction of sp³-hybridized carbons (Fsp3) is 0.643. The predicted octanol–water partition coefficient (Wildman–Crippen LogP) is 5.62. The molecule has 2 rings (SSSR count). The molecule has 192 valence electrons. The van der Waals surface area contributed by atoms with Crippen LogP contribution in [-0.2, 0) is 9.59 Å². The molecule has 1 fully saturated rings. The zero-order valence-electron chi connectivity index (χ0n) is 22.5. The molecule has 1 heterocycles. The van der Waals surface area contributed by atoms with Crippen molar-refractivity contribution < 1.29 is 19.2 Å². The summed E-state index contributed by atoms with van der Waals surface area (Å²) in [6.07, 6.45) is 4.97. The van der Waals surface area contributed by atoms with Gasteiger partial charge in [-0.1, -0.05) is 46.8 Å². The first kappa shape index (κ1) is 31.7. The zero-order chi connectivity index (χ0) is 26.1. The lowest BCUT2D eigenvalue weighted by molar-refractivity contribution is -0.121. The van der Waals surface area contributed by atoms with E-state index in [4.69, 9.17) is 0 Å². The van der Waals surface area contributed by atoms with Crippen LogP contribution in [0.1, 0.15) is 101 Å². The summed E-state index contributed by atoms with van der Waals surface area (Å²) in [5.74, 6) is 0.571. The second-order valence-corrected chi connectivity index (χ2v) is 8.66. The third-order valence-electron chi connectivity index (χ3n) is 5.90. The van der Waals surface area contributed by atoms with Crippen LogP contribution in [0.4, 0.5) is 5.69 Å². The first-order valence-electron chi connectivity index (χ1n) is 12.8. The smallest absolute Gasteiger partial charge is 0.163 e. The maximum Gasteiger partial charge on any atom is 0.163 e. The van der Waals surface area contributed by atoms with Crippen LogP contribution < -0.4 is 4.90 Å². The third kappa shape index (κ3) is 11.2. The molecule has 0 spiro atoms. The number of rotatable bonds is 11. The molecule has 1 aromatic carbocycles. The molecule has 1 atom stereocenters. The molecule has 0 bridgehead atoms. The lowest BCUT2D eigenvalue weighted by atomic mass is 9.99. The Morgan fingerprint density at radius 3 is 2.06 bits per heavy atom. The van der Waals surface area contributed by atoms with Crippen molar-refractivity contribution in [3.63, 3.8) is 0 Å². The summed E-state index contributed by atoms with van der Waals surface area (Å²) >= 11 is 0. The van der Waals surface area contributed by atoms with E-state index in [9.17, 15) is 19.2 Å². The van der Waals surface area contributed by atoms with Crippen LogP contribution in [0.2, 0.25) is 0 Å². The maximum atomic E-state index is 12.1. The van der Waals surface area contributed by atoms with Gasteiger partial charge in [0.25, 0.3) is 0 Å². The average molecular weight is 475 g/mol. The van der Waals surface area contributed by atoms with E-state index in [1.165, 1.54) is 0 Å². The minimum Gasteiger partial charge on any atom is -0.368 e. The number of piperazine rings is 1. The van der Waals surface area contributed by atoms with Gasteiger partial charge in [-0.15, -0.1) is 0 Å². The average Bonchev–Trinajstić information content (AvgIpc) is 2.84. The van der Waals surface area contributed by atoms with Crippen LogP contribution in [0.25, 0.3) is 0 Å². The van der Waals surface area contributed by atoms with Crippen molar-refractivity contribution in [3.8, 4) is 0 Å². The second-order valence-electron chi connectivity index (χ2n) is 8.66. The standard InChI is InChI=1S/C16H22N2O2.C10H18O2.C2H6/c1-3-5-16(20)13-6-4-7-15(14(13)12-19)18-10-8-17(2)9-11-18;1-4-5-10(12)7-6-8(2)9(3)11;1-2/h4,6-7,12H,3,5,8-11H2,1-2H3;8H,4-7H2,1-3H3;1-2H3. The first-order valence-corrected chi connectivity index (χ1v) is 12.8. The number of anilines is 1. The number of carbonyl (C=O) groups excluding carboxylic acids is 4. The number of benzene rings is 1. The first-order chi connectivity index (χ1) is 16.2. The molecule has 0 saturated carbocycles. The van der Waals surface area contributed by atoms with Crippen LogP contribution in [0, 0.1) is 5.92 Å². The van der Waals surface area contributed by atoms with E-state index in [0.717, 1.165) is 51.0 Å².